The van der Waals surface area contributed by atoms with Crippen molar-refractivity contribution < 1.29 is 4.79 Å². The number of nitrogens with one attached hydrogen (secondary N) is 1. The number of pyridine rings is 1. The highest BCUT2D eigenvalue weighted by molar-refractivity contribution is 5.83. The van der Waals surface area contributed by atoms with E-state index in [1.165, 1.54) is 0 Å². The fraction of sp³-hybridized carbons (Fsp3) is 0.400. The quantitative estimate of drug-likeness (QED) is 0.879. The van der Waals surface area contributed by atoms with Crippen LogP contribution in [-0.2, 0) is 11.3 Å². The molecule has 132 valence electrons. The molecule has 0 spiro atoms. The first-order valence-corrected chi connectivity index (χ1v) is 8.84. The van der Waals surface area contributed by atoms with Crippen LogP contribution in [-0.4, -0.2) is 43.0 Å². The van der Waals surface area contributed by atoms with Crippen molar-refractivity contribution >= 4 is 11.7 Å². The van der Waals surface area contributed by atoms with E-state index in [4.69, 9.17) is 0 Å². The van der Waals surface area contributed by atoms with E-state index >= 15 is 0 Å². The van der Waals surface area contributed by atoms with Crippen LogP contribution in [0.1, 0.15) is 30.0 Å². The molecule has 1 saturated heterocycles. The number of hydrogen-bond acceptors (Lipinski definition) is 4. The topological polar surface area (TPSA) is 48.5 Å². The predicted octanol–water partition coefficient (Wildman–Crippen LogP) is 2.60. The average molecular weight is 338 g/mol. The van der Waals surface area contributed by atoms with E-state index in [1.54, 1.807) is 6.20 Å². The summed E-state index contributed by atoms with van der Waals surface area (Å²) < 4.78 is 0. The molecule has 1 aromatic heterocycles. The van der Waals surface area contributed by atoms with Crippen LogP contribution in [0.2, 0.25) is 0 Å². The van der Waals surface area contributed by atoms with Crippen LogP contribution in [0.4, 0.5) is 5.82 Å². The molecule has 1 aliphatic rings. The largest absolute Gasteiger partial charge is 0.363 e. The van der Waals surface area contributed by atoms with Crippen molar-refractivity contribution in [3.63, 3.8) is 0 Å². The van der Waals surface area contributed by atoms with E-state index < -0.39 is 0 Å². The van der Waals surface area contributed by atoms with Crippen LogP contribution >= 0.6 is 0 Å². The van der Waals surface area contributed by atoms with E-state index in [9.17, 15) is 4.79 Å². The normalized spacial score (nSPS) is 15.8. The van der Waals surface area contributed by atoms with Crippen LogP contribution in [0.5, 0.6) is 0 Å². The van der Waals surface area contributed by atoms with Crippen LogP contribution in [0.15, 0.2) is 48.7 Å². The van der Waals surface area contributed by atoms with Crippen molar-refractivity contribution in [2.75, 3.05) is 32.1 Å². The molecule has 1 atom stereocenters. The number of rotatable bonds is 6. The number of likely N-dealkylation sites (tertiary alicyclic amines) is 1. The Kier molecular flexibility index (Phi) is 5.66. The molecule has 1 fully saturated rings. The van der Waals surface area contributed by atoms with Gasteiger partial charge in [-0.1, -0.05) is 30.3 Å². The van der Waals surface area contributed by atoms with E-state index in [0.717, 1.165) is 42.9 Å². The maximum Gasteiger partial charge on any atom is 0.242 e. The van der Waals surface area contributed by atoms with Crippen LogP contribution in [0.25, 0.3) is 0 Å². The maximum atomic E-state index is 12.9. The molecule has 5 heteroatoms. The summed E-state index contributed by atoms with van der Waals surface area (Å²) in [6.07, 6.45) is 4.10. The third-order valence-corrected chi connectivity index (χ3v) is 4.60. The second-order valence-electron chi connectivity index (χ2n) is 6.69. The molecule has 0 saturated carbocycles. The molecule has 1 aromatic carbocycles. The second kappa shape index (κ2) is 8.12. The number of anilines is 1. The van der Waals surface area contributed by atoms with Gasteiger partial charge in [-0.2, -0.15) is 0 Å². The Hall–Kier alpha value is -2.40. The summed E-state index contributed by atoms with van der Waals surface area (Å²) in [4.78, 5) is 21.5. The van der Waals surface area contributed by atoms with Gasteiger partial charge in [0, 0.05) is 26.8 Å². The Bertz CT molecular complexity index is 696. The first-order valence-electron chi connectivity index (χ1n) is 8.84. The predicted molar refractivity (Wildman–Crippen MR) is 100 cm³/mol. The van der Waals surface area contributed by atoms with Gasteiger partial charge in [0.05, 0.1) is 0 Å². The Labute approximate surface area is 149 Å². The van der Waals surface area contributed by atoms with Gasteiger partial charge in [-0.05, 0) is 49.2 Å². The summed E-state index contributed by atoms with van der Waals surface area (Å²) in [5, 5.41) is 3.11. The average Bonchev–Trinajstić information content (AvgIpc) is 3.15. The highest BCUT2D eigenvalue weighted by Gasteiger charge is 2.29. The van der Waals surface area contributed by atoms with Gasteiger partial charge in [-0.15, -0.1) is 0 Å². The molecule has 0 aliphatic carbocycles. The van der Waals surface area contributed by atoms with E-state index in [0.29, 0.717) is 6.54 Å². The lowest BCUT2D eigenvalue weighted by atomic mass is 10.0. The lowest BCUT2D eigenvalue weighted by molar-refractivity contribution is -0.126. The molecule has 25 heavy (non-hydrogen) atoms. The summed E-state index contributed by atoms with van der Waals surface area (Å²) in [5.74, 6) is 0.960. The Morgan fingerprint density at radius 3 is 2.60 bits per heavy atom. The van der Waals surface area contributed by atoms with Crippen molar-refractivity contribution in [3.05, 3.63) is 59.8 Å². The van der Waals surface area contributed by atoms with E-state index in [1.807, 2.05) is 61.5 Å². The minimum Gasteiger partial charge on any atom is -0.363 e. The number of nitrogens with zero attached hydrogens (tertiary/aromatic N) is 3. The SMILES string of the molecule is CN(C)c1cc(CNC(=O)[C@@H](c2ccccc2)N2CCCC2)ccn1. The van der Waals surface area contributed by atoms with Crippen molar-refractivity contribution in [2.24, 2.45) is 0 Å². The minimum atomic E-state index is -0.209. The minimum absolute atomic E-state index is 0.0660. The molecule has 1 amide bonds. The number of hydrogen-bond donors (Lipinski definition) is 1. The molecule has 3 rings (SSSR count). The summed E-state index contributed by atoms with van der Waals surface area (Å²) in [6, 6.07) is 13.8. The van der Waals surface area contributed by atoms with Gasteiger partial charge in [-0.3, -0.25) is 9.69 Å². The third kappa shape index (κ3) is 4.37. The van der Waals surface area contributed by atoms with Crippen molar-refractivity contribution in [2.45, 2.75) is 25.4 Å². The van der Waals surface area contributed by atoms with Crippen LogP contribution < -0.4 is 10.2 Å². The zero-order valence-electron chi connectivity index (χ0n) is 15.0. The Morgan fingerprint density at radius 1 is 1.20 bits per heavy atom. The Balaban J connectivity index is 1.71. The molecule has 2 aromatic rings. The van der Waals surface area contributed by atoms with Crippen LogP contribution in [0, 0.1) is 0 Å². The molecule has 1 N–H and O–H groups in total. The summed E-state index contributed by atoms with van der Waals surface area (Å²) >= 11 is 0. The smallest absolute Gasteiger partial charge is 0.242 e. The third-order valence-electron chi connectivity index (χ3n) is 4.60. The van der Waals surface area contributed by atoms with Gasteiger partial charge >= 0.3 is 0 Å². The first kappa shape index (κ1) is 17.4. The second-order valence-corrected chi connectivity index (χ2v) is 6.69. The monoisotopic (exact) mass is 338 g/mol. The van der Waals surface area contributed by atoms with Crippen molar-refractivity contribution in [3.8, 4) is 0 Å². The first-order chi connectivity index (χ1) is 12.1. The standard InChI is InChI=1S/C20H26N4O/c1-23(2)18-14-16(10-11-21-18)15-22-20(25)19(24-12-6-7-13-24)17-8-4-3-5-9-17/h3-5,8-11,14,19H,6-7,12-13,15H2,1-2H3,(H,22,25)/t19-/m1/s1. The Morgan fingerprint density at radius 2 is 1.92 bits per heavy atom. The zero-order chi connectivity index (χ0) is 17.6. The molecular weight excluding hydrogens is 312 g/mol. The molecule has 0 radical (unpaired) electrons. The number of carbonyl (C=O) groups excluding carboxylic acids is 1. The lowest BCUT2D eigenvalue weighted by Gasteiger charge is -2.27. The number of amides is 1. The van der Waals surface area contributed by atoms with Gasteiger partial charge in [0.25, 0.3) is 0 Å². The van der Waals surface area contributed by atoms with Crippen molar-refractivity contribution in [1.29, 1.82) is 0 Å². The van der Waals surface area contributed by atoms with E-state index in [-0.39, 0.29) is 11.9 Å². The summed E-state index contributed by atoms with van der Waals surface area (Å²) in [7, 11) is 3.92. The number of benzene rings is 1. The highest BCUT2D eigenvalue weighted by Crippen LogP contribution is 2.25. The summed E-state index contributed by atoms with van der Waals surface area (Å²) in [6.45, 7) is 2.47. The lowest BCUT2D eigenvalue weighted by Crippen LogP contribution is -2.39. The molecular formula is C20H26N4O. The van der Waals surface area contributed by atoms with E-state index in [2.05, 4.69) is 15.2 Å². The summed E-state index contributed by atoms with van der Waals surface area (Å²) in [5.41, 5.74) is 2.12. The highest BCUT2D eigenvalue weighted by atomic mass is 16.2. The van der Waals surface area contributed by atoms with Crippen LogP contribution in [0.3, 0.4) is 0 Å². The molecule has 5 nitrogen and oxygen atoms in total. The van der Waals surface area contributed by atoms with Gasteiger partial charge in [-0.25, -0.2) is 4.98 Å². The fourth-order valence-electron chi connectivity index (χ4n) is 3.26. The molecule has 2 heterocycles. The van der Waals surface area contributed by atoms with Gasteiger partial charge < -0.3 is 10.2 Å². The molecule has 1 aliphatic heterocycles. The maximum absolute atomic E-state index is 12.9. The van der Waals surface area contributed by atoms with Crippen molar-refractivity contribution in [1.82, 2.24) is 15.2 Å². The van der Waals surface area contributed by atoms with Gasteiger partial charge in [0.2, 0.25) is 5.91 Å². The van der Waals surface area contributed by atoms with Gasteiger partial charge in [0.15, 0.2) is 0 Å². The zero-order valence-corrected chi connectivity index (χ0v) is 15.0. The number of aromatic nitrogens is 1. The molecule has 0 unspecified atom stereocenters. The number of carbonyl (C=O) groups is 1. The fourth-order valence-corrected chi connectivity index (χ4v) is 3.26. The van der Waals surface area contributed by atoms with Gasteiger partial charge in [0.1, 0.15) is 11.9 Å². The molecule has 0 bridgehead atoms.